The van der Waals surface area contributed by atoms with Gasteiger partial charge in [-0.05, 0) is 25.5 Å². The number of aryl methyl sites for hydroxylation is 2. The van der Waals surface area contributed by atoms with Crippen LogP contribution in [0.5, 0.6) is 0 Å². The lowest BCUT2D eigenvalue weighted by molar-refractivity contribution is 0.476. The summed E-state index contributed by atoms with van der Waals surface area (Å²) < 4.78 is 1.91. The molecule has 0 radical (unpaired) electrons. The molecule has 7 heteroatoms. The minimum atomic E-state index is 0. The highest BCUT2D eigenvalue weighted by Crippen LogP contribution is 2.16. The number of halogens is 2. The normalized spacial score (nSPS) is 11.2. The summed E-state index contributed by atoms with van der Waals surface area (Å²) in [6, 6.07) is 7.87. The van der Waals surface area contributed by atoms with E-state index >= 15 is 0 Å². The Balaban J connectivity index is 0.00000288. The minimum absolute atomic E-state index is 0. The van der Waals surface area contributed by atoms with Crippen LogP contribution < -0.4 is 5.32 Å². The molecule has 0 spiro atoms. The number of aliphatic imine (C=N–C) groups is 1. The fourth-order valence-electron chi connectivity index (χ4n) is 2.58. The average molecular weight is 462 g/mol. The van der Waals surface area contributed by atoms with Gasteiger partial charge >= 0.3 is 0 Å². The summed E-state index contributed by atoms with van der Waals surface area (Å²) >= 11 is 6.24. The van der Waals surface area contributed by atoms with Gasteiger partial charge in [-0.2, -0.15) is 5.10 Å². The van der Waals surface area contributed by atoms with Crippen LogP contribution in [0.2, 0.25) is 5.02 Å². The van der Waals surface area contributed by atoms with E-state index in [2.05, 4.69) is 27.2 Å². The van der Waals surface area contributed by atoms with Crippen molar-refractivity contribution in [3.63, 3.8) is 0 Å². The predicted octanol–water partition coefficient (Wildman–Crippen LogP) is 3.52. The molecule has 1 heterocycles. The van der Waals surface area contributed by atoms with Gasteiger partial charge in [0.2, 0.25) is 0 Å². The fourth-order valence-corrected chi connectivity index (χ4v) is 2.78. The van der Waals surface area contributed by atoms with Crippen molar-refractivity contribution < 1.29 is 0 Å². The van der Waals surface area contributed by atoms with E-state index in [1.54, 1.807) is 7.05 Å². The lowest BCUT2D eigenvalue weighted by atomic mass is 10.2. The highest BCUT2D eigenvalue weighted by molar-refractivity contribution is 14.0. The molecule has 0 aliphatic carbocycles. The Morgan fingerprint density at radius 2 is 2.00 bits per heavy atom. The van der Waals surface area contributed by atoms with Crippen LogP contribution in [-0.4, -0.2) is 34.7 Å². The second-order valence-corrected chi connectivity index (χ2v) is 6.03. The minimum Gasteiger partial charge on any atom is -0.352 e. The van der Waals surface area contributed by atoms with Crippen LogP contribution in [-0.2, 0) is 20.1 Å². The van der Waals surface area contributed by atoms with E-state index in [0.29, 0.717) is 13.1 Å². The second-order valence-electron chi connectivity index (χ2n) is 5.62. The molecule has 132 valence electrons. The summed E-state index contributed by atoms with van der Waals surface area (Å²) in [5, 5.41) is 8.62. The maximum atomic E-state index is 6.24. The van der Waals surface area contributed by atoms with E-state index in [1.807, 2.05) is 50.0 Å². The van der Waals surface area contributed by atoms with Gasteiger partial charge in [-0.1, -0.05) is 29.8 Å². The number of aromatic nitrogens is 2. The van der Waals surface area contributed by atoms with Gasteiger partial charge in [0, 0.05) is 50.5 Å². The Morgan fingerprint density at radius 1 is 1.33 bits per heavy atom. The summed E-state index contributed by atoms with van der Waals surface area (Å²) in [5.74, 6) is 0.826. The van der Waals surface area contributed by atoms with Crippen molar-refractivity contribution in [1.29, 1.82) is 0 Å². The van der Waals surface area contributed by atoms with Crippen LogP contribution in [0.3, 0.4) is 0 Å². The third-order valence-corrected chi connectivity index (χ3v) is 4.39. The molecule has 1 aromatic carbocycles. The first-order valence-corrected chi connectivity index (χ1v) is 7.96. The molecule has 0 bridgehead atoms. The molecule has 2 aromatic rings. The van der Waals surface area contributed by atoms with Crippen molar-refractivity contribution in [3.8, 4) is 0 Å². The molecular formula is C17H25ClIN5. The standard InChI is InChI=1S/C17H24ClN5.HI/c1-12-15(13(2)23(5)21-12)10-20-17(19-3)22(4)11-14-8-6-7-9-16(14)18;/h6-9H,10-11H2,1-5H3,(H,19,20);1H. The number of guanidine groups is 1. The van der Waals surface area contributed by atoms with Gasteiger partial charge in [0.25, 0.3) is 0 Å². The van der Waals surface area contributed by atoms with Crippen molar-refractivity contribution in [2.45, 2.75) is 26.9 Å². The van der Waals surface area contributed by atoms with Crippen LogP contribution in [0.25, 0.3) is 0 Å². The first kappa shape index (κ1) is 20.8. The van der Waals surface area contributed by atoms with Crippen molar-refractivity contribution in [2.75, 3.05) is 14.1 Å². The quantitative estimate of drug-likeness (QED) is 0.430. The van der Waals surface area contributed by atoms with E-state index < -0.39 is 0 Å². The van der Waals surface area contributed by atoms with Crippen molar-refractivity contribution in [1.82, 2.24) is 20.0 Å². The van der Waals surface area contributed by atoms with Gasteiger partial charge < -0.3 is 10.2 Å². The lowest BCUT2D eigenvalue weighted by Crippen LogP contribution is -2.38. The molecule has 5 nitrogen and oxygen atoms in total. The van der Waals surface area contributed by atoms with Gasteiger partial charge in [0.05, 0.1) is 5.69 Å². The highest BCUT2D eigenvalue weighted by atomic mass is 127. The Hall–Kier alpha value is -1.28. The van der Waals surface area contributed by atoms with Crippen LogP contribution in [0.15, 0.2) is 29.3 Å². The van der Waals surface area contributed by atoms with Crippen LogP contribution in [0.4, 0.5) is 0 Å². The Bertz CT molecular complexity index is 711. The predicted molar refractivity (Wildman–Crippen MR) is 111 cm³/mol. The third kappa shape index (κ3) is 4.86. The van der Waals surface area contributed by atoms with Crippen LogP contribution in [0, 0.1) is 13.8 Å². The number of hydrogen-bond acceptors (Lipinski definition) is 2. The van der Waals surface area contributed by atoms with Gasteiger partial charge in [0.1, 0.15) is 0 Å². The van der Waals surface area contributed by atoms with Gasteiger partial charge in [-0.3, -0.25) is 9.67 Å². The molecule has 0 aliphatic heterocycles. The zero-order chi connectivity index (χ0) is 17.0. The van der Waals surface area contributed by atoms with E-state index in [-0.39, 0.29) is 24.0 Å². The molecule has 0 unspecified atom stereocenters. The zero-order valence-corrected chi connectivity index (χ0v) is 17.9. The van der Waals surface area contributed by atoms with Gasteiger partial charge in [-0.25, -0.2) is 0 Å². The fraction of sp³-hybridized carbons (Fsp3) is 0.412. The Kier molecular flexibility index (Phi) is 8.02. The maximum absolute atomic E-state index is 6.24. The Morgan fingerprint density at radius 3 is 2.54 bits per heavy atom. The van der Waals surface area contributed by atoms with Crippen LogP contribution >= 0.6 is 35.6 Å². The first-order chi connectivity index (χ1) is 10.9. The largest absolute Gasteiger partial charge is 0.352 e. The summed E-state index contributed by atoms with van der Waals surface area (Å²) in [4.78, 5) is 6.41. The lowest BCUT2D eigenvalue weighted by Gasteiger charge is -2.22. The summed E-state index contributed by atoms with van der Waals surface area (Å²) in [7, 11) is 5.75. The molecule has 2 rings (SSSR count). The molecule has 24 heavy (non-hydrogen) atoms. The molecule has 0 amide bonds. The molecule has 0 atom stereocenters. The van der Waals surface area contributed by atoms with Gasteiger partial charge in [0.15, 0.2) is 5.96 Å². The molecule has 1 N–H and O–H groups in total. The van der Waals surface area contributed by atoms with E-state index in [0.717, 1.165) is 22.2 Å². The van der Waals surface area contributed by atoms with E-state index in [1.165, 1.54) is 11.3 Å². The number of nitrogens with one attached hydrogen (secondary N) is 1. The number of nitrogens with zero attached hydrogens (tertiary/aromatic N) is 4. The van der Waals surface area contributed by atoms with Crippen molar-refractivity contribution >= 4 is 41.5 Å². The summed E-state index contributed by atoms with van der Waals surface area (Å²) in [6.07, 6.45) is 0. The average Bonchev–Trinajstić information content (AvgIpc) is 2.76. The monoisotopic (exact) mass is 461 g/mol. The van der Waals surface area contributed by atoms with Crippen molar-refractivity contribution in [2.24, 2.45) is 12.0 Å². The molecular weight excluding hydrogens is 437 g/mol. The SMILES string of the molecule is CN=C(NCc1c(C)nn(C)c1C)N(C)Cc1ccccc1Cl.I. The maximum Gasteiger partial charge on any atom is 0.193 e. The molecule has 0 fully saturated rings. The zero-order valence-electron chi connectivity index (χ0n) is 14.8. The molecule has 0 aliphatic rings. The molecule has 0 saturated heterocycles. The summed E-state index contributed by atoms with van der Waals surface area (Å²) in [6.45, 7) is 5.50. The number of benzene rings is 1. The number of hydrogen-bond donors (Lipinski definition) is 1. The Labute approximate surface area is 166 Å². The highest BCUT2D eigenvalue weighted by Gasteiger charge is 2.12. The molecule has 1 aromatic heterocycles. The second kappa shape index (κ2) is 9.27. The molecule has 0 saturated carbocycles. The van der Waals surface area contributed by atoms with E-state index in [4.69, 9.17) is 11.6 Å². The van der Waals surface area contributed by atoms with Crippen LogP contribution in [0.1, 0.15) is 22.5 Å². The van der Waals surface area contributed by atoms with E-state index in [9.17, 15) is 0 Å². The first-order valence-electron chi connectivity index (χ1n) is 7.58. The third-order valence-electron chi connectivity index (χ3n) is 4.02. The topological polar surface area (TPSA) is 45.5 Å². The summed E-state index contributed by atoms with van der Waals surface area (Å²) in [5.41, 5.74) is 4.49. The van der Waals surface area contributed by atoms with Crippen molar-refractivity contribution in [3.05, 3.63) is 51.8 Å². The van der Waals surface area contributed by atoms with Gasteiger partial charge in [-0.15, -0.1) is 24.0 Å². The smallest absolute Gasteiger partial charge is 0.193 e. The number of rotatable bonds is 4.